The molecule has 1 N–H and O–H groups in total. The molecule has 0 radical (unpaired) electrons. The standard InChI is InChI=1S/C19H20FNO4/c1-3-14-8-10-15(11-9-14)21-19(23)13(2)25-18(22)12-24-17-7-5-4-6-16(17)20/h4-11,13H,3,12H2,1-2H3,(H,21,23)/t13-/m1/s1. The third kappa shape index (κ3) is 5.60. The SMILES string of the molecule is CCc1ccc(NC(=O)[C@@H](C)OC(=O)COc2ccccc2F)cc1. The number of anilines is 1. The van der Waals surface area contributed by atoms with Crippen molar-refractivity contribution in [3.8, 4) is 5.75 Å². The summed E-state index contributed by atoms with van der Waals surface area (Å²) in [5, 5.41) is 2.66. The predicted octanol–water partition coefficient (Wildman–Crippen LogP) is 3.34. The molecule has 0 aliphatic carbocycles. The van der Waals surface area contributed by atoms with Crippen LogP contribution in [0.4, 0.5) is 10.1 Å². The van der Waals surface area contributed by atoms with E-state index in [2.05, 4.69) is 5.32 Å². The van der Waals surface area contributed by atoms with Crippen LogP contribution in [0.5, 0.6) is 5.75 Å². The first-order valence-electron chi connectivity index (χ1n) is 7.96. The number of carbonyl (C=O) groups is 2. The molecule has 0 aromatic heterocycles. The minimum atomic E-state index is -0.998. The van der Waals surface area contributed by atoms with Crippen LogP contribution in [0.25, 0.3) is 0 Å². The molecule has 0 aliphatic rings. The van der Waals surface area contributed by atoms with Crippen LogP contribution in [0, 0.1) is 5.82 Å². The average Bonchev–Trinajstić information content (AvgIpc) is 2.61. The van der Waals surface area contributed by atoms with Crippen molar-refractivity contribution in [3.63, 3.8) is 0 Å². The van der Waals surface area contributed by atoms with Gasteiger partial charge in [0.15, 0.2) is 24.3 Å². The Morgan fingerprint density at radius 3 is 2.44 bits per heavy atom. The van der Waals surface area contributed by atoms with Gasteiger partial charge in [-0.05, 0) is 43.2 Å². The Morgan fingerprint density at radius 1 is 1.12 bits per heavy atom. The Hall–Kier alpha value is -2.89. The number of amides is 1. The van der Waals surface area contributed by atoms with Crippen LogP contribution >= 0.6 is 0 Å². The van der Waals surface area contributed by atoms with Crippen molar-refractivity contribution < 1.29 is 23.5 Å². The second-order valence-corrected chi connectivity index (χ2v) is 5.39. The normalized spacial score (nSPS) is 11.5. The molecule has 0 bridgehead atoms. The summed E-state index contributed by atoms with van der Waals surface area (Å²) in [4.78, 5) is 23.8. The lowest BCUT2D eigenvalue weighted by Crippen LogP contribution is -2.31. The largest absolute Gasteiger partial charge is 0.479 e. The zero-order valence-corrected chi connectivity index (χ0v) is 14.1. The molecule has 25 heavy (non-hydrogen) atoms. The highest BCUT2D eigenvalue weighted by Gasteiger charge is 2.18. The van der Waals surface area contributed by atoms with Crippen LogP contribution in [-0.2, 0) is 20.7 Å². The monoisotopic (exact) mass is 345 g/mol. The van der Waals surface area contributed by atoms with Gasteiger partial charge in [-0.1, -0.05) is 31.2 Å². The second-order valence-electron chi connectivity index (χ2n) is 5.39. The molecular weight excluding hydrogens is 325 g/mol. The van der Waals surface area contributed by atoms with Crippen molar-refractivity contribution >= 4 is 17.6 Å². The first-order valence-corrected chi connectivity index (χ1v) is 7.96. The van der Waals surface area contributed by atoms with E-state index in [4.69, 9.17) is 9.47 Å². The van der Waals surface area contributed by atoms with Gasteiger partial charge in [-0.2, -0.15) is 0 Å². The summed E-state index contributed by atoms with van der Waals surface area (Å²) in [6.07, 6.45) is -0.0906. The summed E-state index contributed by atoms with van der Waals surface area (Å²) in [6.45, 7) is 3.01. The number of para-hydroxylation sites is 1. The zero-order chi connectivity index (χ0) is 18.2. The highest BCUT2D eigenvalue weighted by atomic mass is 19.1. The Balaban J connectivity index is 1.81. The molecule has 0 fully saturated rings. The number of aryl methyl sites for hydroxylation is 1. The molecule has 0 saturated carbocycles. The predicted molar refractivity (Wildman–Crippen MR) is 91.9 cm³/mol. The van der Waals surface area contributed by atoms with Crippen molar-refractivity contribution in [1.82, 2.24) is 0 Å². The Kier molecular flexibility index (Phi) is 6.51. The number of ether oxygens (including phenoxy) is 2. The van der Waals surface area contributed by atoms with E-state index in [0.29, 0.717) is 5.69 Å². The van der Waals surface area contributed by atoms with E-state index < -0.39 is 30.4 Å². The van der Waals surface area contributed by atoms with Crippen LogP contribution in [0.15, 0.2) is 48.5 Å². The molecule has 1 amide bonds. The van der Waals surface area contributed by atoms with E-state index >= 15 is 0 Å². The first kappa shape index (κ1) is 18.4. The van der Waals surface area contributed by atoms with E-state index in [1.807, 2.05) is 19.1 Å². The topological polar surface area (TPSA) is 64.6 Å². The molecule has 2 aromatic carbocycles. The Labute approximate surface area is 145 Å². The lowest BCUT2D eigenvalue weighted by atomic mass is 10.1. The van der Waals surface area contributed by atoms with Gasteiger partial charge in [0, 0.05) is 5.69 Å². The number of rotatable bonds is 7. The van der Waals surface area contributed by atoms with Crippen LogP contribution in [-0.4, -0.2) is 24.6 Å². The van der Waals surface area contributed by atoms with Gasteiger partial charge in [0.1, 0.15) is 0 Å². The van der Waals surface area contributed by atoms with E-state index in [1.165, 1.54) is 25.1 Å². The van der Waals surface area contributed by atoms with Gasteiger partial charge in [-0.3, -0.25) is 4.79 Å². The number of halogens is 1. The Morgan fingerprint density at radius 2 is 1.80 bits per heavy atom. The maximum Gasteiger partial charge on any atom is 0.344 e. The second kappa shape index (κ2) is 8.82. The summed E-state index contributed by atoms with van der Waals surface area (Å²) < 4.78 is 23.4. The zero-order valence-electron chi connectivity index (χ0n) is 14.1. The van der Waals surface area contributed by atoms with Crippen LogP contribution in [0.3, 0.4) is 0 Å². The van der Waals surface area contributed by atoms with Crippen LogP contribution < -0.4 is 10.1 Å². The molecule has 0 unspecified atom stereocenters. The van der Waals surface area contributed by atoms with Crippen LogP contribution in [0.1, 0.15) is 19.4 Å². The number of hydrogen-bond acceptors (Lipinski definition) is 4. The molecule has 0 aliphatic heterocycles. The summed E-state index contributed by atoms with van der Waals surface area (Å²) in [5.41, 5.74) is 1.77. The fraction of sp³-hybridized carbons (Fsp3) is 0.263. The number of esters is 1. The van der Waals surface area contributed by atoms with Crippen molar-refractivity contribution in [2.24, 2.45) is 0 Å². The van der Waals surface area contributed by atoms with Gasteiger partial charge in [0.25, 0.3) is 5.91 Å². The van der Waals surface area contributed by atoms with E-state index in [1.54, 1.807) is 18.2 Å². The molecule has 1 atom stereocenters. The molecule has 2 aromatic rings. The van der Waals surface area contributed by atoms with Crippen molar-refractivity contribution in [1.29, 1.82) is 0 Å². The first-order chi connectivity index (χ1) is 12.0. The Bertz CT molecular complexity index is 730. The lowest BCUT2D eigenvalue weighted by molar-refractivity contribution is -0.155. The average molecular weight is 345 g/mol. The van der Waals surface area contributed by atoms with E-state index in [0.717, 1.165) is 12.0 Å². The van der Waals surface area contributed by atoms with Gasteiger partial charge in [-0.25, -0.2) is 9.18 Å². The summed E-state index contributed by atoms with van der Waals surface area (Å²) in [6, 6.07) is 13.1. The third-order valence-corrected chi connectivity index (χ3v) is 3.49. The van der Waals surface area contributed by atoms with Crippen LogP contribution in [0.2, 0.25) is 0 Å². The minimum absolute atomic E-state index is 0.0485. The maximum atomic E-state index is 13.4. The van der Waals surface area contributed by atoms with Gasteiger partial charge >= 0.3 is 5.97 Å². The summed E-state index contributed by atoms with van der Waals surface area (Å²) in [7, 11) is 0. The smallest absolute Gasteiger partial charge is 0.344 e. The fourth-order valence-electron chi connectivity index (χ4n) is 2.05. The molecule has 2 rings (SSSR count). The molecule has 5 nitrogen and oxygen atoms in total. The van der Waals surface area contributed by atoms with Gasteiger partial charge in [0.05, 0.1) is 0 Å². The third-order valence-electron chi connectivity index (χ3n) is 3.49. The molecule has 0 spiro atoms. The lowest BCUT2D eigenvalue weighted by Gasteiger charge is -2.14. The molecule has 0 saturated heterocycles. The summed E-state index contributed by atoms with van der Waals surface area (Å²) in [5.74, 6) is -1.83. The number of benzene rings is 2. The van der Waals surface area contributed by atoms with Gasteiger partial charge < -0.3 is 14.8 Å². The minimum Gasteiger partial charge on any atom is -0.479 e. The number of carbonyl (C=O) groups excluding carboxylic acids is 2. The van der Waals surface area contributed by atoms with Gasteiger partial charge in [0.2, 0.25) is 0 Å². The molecular formula is C19H20FNO4. The molecule has 6 heteroatoms. The highest BCUT2D eigenvalue weighted by Crippen LogP contribution is 2.15. The van der Waals surface area contributed by atoms with Crippen molar-refractivity contribution in [2.75, 3.05) is 11.9 Å². The number of hydrogen-bond donors (Lipinski definition) is 1. The summed E-state index contributed by atoms with van der Waals surface area (Å²) >= 11 is 0. The van der Waals surface area contributed by atoms with Crippen molar-refractivity contribution in [2.45, 2.75) is 26.4 Å². The highest BCUT2D eigenvalue weighted by molar-refractivity contribution is 5.95. The fourth-order valence-corrected chi connectivity index (χ4v) is 2.05. The van der Waals surface area contributed by atoms with E-state index in [-0.39, 0.29) is 5.75 Å². The maximum absolute atomic E-state index is 13.4. The van der Waals surface area contributed by atoms with E-state index in [9.17, 15) is 14.0 Å². The number of nitrogens with one attached hydrogen (secondary N) is 1. The molecule has 132 valence electrons. The van der Waals surface area contributed by atoms with Crippen molar-refractivity contribution in [3.05, 3.63) is 59.9 Å². The quantitative estimate of drug-likeness (QED) is 0.782. The molecule has 0 heterocycles. The van der Waals surface area contributed by atoms with Gasteiger partial charge in [-0.15, -0.1) is 0 Å².